The standard InChI is InChI=1S/C25H26ClFN4O4/c1-3-24(32)31(17-5-6-20(27)19(26)13-17)25-18-14-23(22(33-2)15-21(18)28-16-29-25)35-10-4-7-30-8-11-34-12-9-30/h3,5-6,13-16H,1,4,7-12H2,2H3. The number of anilines is 2. The Labute approximate surface area is 207 Å². The summed E-state index contributed by atoms with van der Waals surface area (Å²) in [5, 5.41) is 0.431. The number of aromatic nitrogens is 2. The summed E-state index contributed by atoms with van der Waals surface area (Å²) in [6, 6.07) is 7.47. The molecule has 0 spiro atoms. The maximum atomic E-state index is 13.8. The van der Waals surface area contributed by atoms with Crippen LogP contribution in [-0.2, 0) is 9.53 Å². The molecule has 0 N–H and O–H groups in total. The Morgan fingerprint density at radius 2 is 2.06 bits per heavy atom. The number of rotatable bonds is 9. The van der Waals surface area contributed by atoms with E-state index >= 15 is 0 Å². The fraction of sp³-hybridized carbons (Fsp3) is 0.320. The van der Waals surface area contributed by atoms with Gasteiger partial charge in [0.2, 0.25) is 0 Å². The molecule has 4 rings (SSSR count). The third-order valence-electron chi connectivity index (χ3n) is 5.65. The highest BCUT2D eigenvalue weighted by Crippen LogP contribution is 2.37. The van der Waals surface area contributed by atoms with Crippen LogP contribution in [0.1, 0.15) is 6.42 Å². The molecule has 0 atom stereocenters. The van der Waals surface area contributed by atoms with E-state index in [1.807, 2.05) is 0 Å². The molecule has 35 heavy (non-hydrogen) atoms. The van der Waals surface area contributed by atoms with Crippen molar-refractivity contribution in [3.63, 3.8) is 0 Å². The van der Waals surface area contributed by atoms with E-state index in [9.17, 15) is 9.18 Å². The first-order valence-electron chi connectivity index (χ1n) is 11.2. The number of carbonyl (C=O) groups excluding carboxylic acids is 1. The van der Waals surface area contributed by atoms with E-state index in [2.05, 4.69) is 21.4 Å². The van der Waals surface area contributed by atoms with Crippen LogP contribution < -0.4 is 14.4 Å². The minimum atomic E-state index is -0.591. The highest BCUT2D eigenvalue weighted by Gasteiger charge is 2.22. The Hall–Kier alpha value is -3.27. The van der Waals surface area contributed by atoms with Crippen LogP contribution in [0, 0.1) is 5.82 Å². The molecule has 2 aromatic carbocycles. The molecule has 184 valence electrons. The van der Waals surface area contributed by atoms with Gasteiger partial charge in [-0.05, 0) is 36.8 Å². The van der Waals surface area contributed by atoms with E-state index in [-0.39, 0.29) is 10.8 Å². The van der Waals surface area contributed by atoms with Crippen molar-refractivity contribution < 1.29 is 23.4 Å². The summed E-state index contributed by atoms with van der Waals surface area (Å²) >= 11 is 5.98. The average molecular weight is 501 g/mol. The van der Waals surface area contributed by atoms with Gasteiger partial charge in [0.1, 0.15) is 12.1 Å². The second kappa shape index (κ2) is 11.4. The number of halogens is 2. The quantitative estimate of drug-likeness (QED) is 0.318. The normalized spacial score (nSPS) is 14.0. The number of carbonyl (C=O) groups is 1. The summed E-state index contributed by atoms with van der Waals surface area (Å²) in [6.07, 6.45) is 3.32. The maximum Gasteiger partial charge on any atom is 0.256 e. The Bertz CT molecular complexity index is 1220. The van der Waals surface area contributed by atoms with Crippen molar-refractivity contribution in [3.8, 4) is 11.5 Å². The fourth-order valence-electron chi connectivity index (χ4n) is 3.87. The molecular weight excluding hydrogens is 475 g/mol. The summed E-state index contributed by atoms with van der Waals surface area (Å²) in [5.74, 6) is 0.243. The lowest BCUT2D eigenvalue weighted by Crippen LogP contribution is -2.37. The summed E-state index contributed by atoms with van der Waals surface area (Å²) in [4.78, 5) is 25.2. The molecule has 0 bridgehead atoms. The Kier molecular flexibility index (Phi) is 8.12. The molecule has 0 radical (unpaired) electrons. The van der Waals surface area contributed by atoms with Gasteiger partial charge in [0.15, 0.2) is 17.3 Å². The molecule has 1 amide bonds. The van der Waals surface area contributed by atoms with Crippen LogP contribution in [-0.4, -0.2) is 67.3 Å². The summed E-state index contributed by atoms with van der Waals surface area (Å²) in [7, 11) is 1.55. The summed E-state index contributed by atoms with van der Waals surface area (Å²) in [5.41, 5.74) is 0.882. The minimum Gasteiger partial charge on any atom is -0.493 e. The highest BCUT2D eigenvalue weighted by molar-refractivity contribution is 6.31. The Morgan fingerprint density at radius 3 is 2.77 bits per heavy atom. The van der Waals surface area contributed by atoms with Crippen molar-refractivity contribution in [3.05, 3.63) is 60.2 Å². The molecule has 0 aliphatic carbocycles. The van der Waals surface area contributed by atoms with Gasteiger partial charge in [0, 0.05) is 31.1 Å². The van der Waals surface area contributed by atoms with Crippen LogP contribution >= 0.6 is 11.6 Å². The summed E-state index contributed by atoms with van der Waals surface area (Å²) in [6.45, 7) is 8.31. The van der Waals surface area contributed by atoms with Gasteiger partial charge in [0.25, 0.3) is 5.91 Å². The summed E-state index contributed by atoms with van der Waals surface area (Å²) < 4.78 is 30.7. The first-order chi connectivity index (χ1) is 17.0. The molecule has 1 aliphatic heterocycles. The Morgan fingerprint density at radius 1 is 1.26 bits per heavy atom. The van der Waals surface area contributed by atoms with Crippen LogP contribution in [0.4, 0.5) is 15.9 Å². The number of benzene rings is 2. The number of morpholine rings is 1. The lowest BCUT2D eigenvalue weighted by atomic mass is 10.1. The van der Waals surface area contributed by atoms with Gasteiger partial charge in [-0.15, -0.1) is 0 Å². The topological polar surface area (TPSA) is 77.0 Å². The van der Waals surface area contributed by atoms with Gasteiger partial charge < -0.3 is 14.2 Å². The van der Waals surface area contributed by atoms with Crippen molar-refractivity contribution in [2.24, 2.45) is 0 Å². The van der Waals surface area contributed by atoms with Gasteiger partial charge in [-0.3, -0.25) is 14.6 Å². The number of nitrogens with zero attached hydrogens (tertiary/aromatic N) is 4. The van der Waals surface area contributed by atoms with E-state index in [0.29, 0.717) is 34.7 Å². The van der Waals surface area contributed by atoms with Crippen LogP contribution in [0.25, 0.3) is 10.9 Å². The lowest BCUT2D eigenvalue weighted by molar-refractivity contribution is -0.113. The second-order valence-corrected chi connectivity index (χ2v) is 8.26. The first kappa shape index (κ1) is 24.8. The molecule has 3 aromatic rings. The number of amides is 1. The van der Waals surface area contributed by atoms with Crippen molar-refractivity contribution in [2.45, 2.75) is 6.42 Å². The number of methoxy groups -OCH3 is 1. The Balaban J connectivity index is 1.66. The van der Waals surface area contributed by atoms with Gasteiger partial charge in [-0.25, -0.2) is 14.4 Å². The van der Waals surface area contributed by atoms with E-state index in [0.717, 1.165) is 45.3 Å². The van der Waals surface area contributed by atoms with Crippen LogP contribution in [0.2, 0.25) is 5.02 Å². The molecule has 1 aliphatic rings. The third kappa shape index (κ3) is 5.70. The van der Waals surface area contributed by atoms with E-state index in [1.165, 1.54) is 29.4 Å². The largest absolute Gasteiger partial charge is 0.493 e. The zero-order chi connectivity index (χ0) is 24.8. The number of hydrogen-bond acceptors (Lipinski definition) is 7. The molecule has 10 heteroatoms. The van der Waals surface area contributed by atoms with Crippen molar-refractivity contribution in [1.29, 1.82) is 0 Å². The van der Waals surface area contributed by atoms with Crippen molar-refractivity contribution in [1.82, 2.24) is 14.9 Å². The van der Waals surface area contributed by atoms with Gasteiger partial charge in [-0.2, -0.15) is 0 Å². The van der Waals surface area contributed by atoms with Gasteiger partial charge in [0.05, 0.1) is 43.2 Å². The maximum absolute atomic E-state index is 13.8. The van der Waals surface area contributed by atoms with Gasteiger partial charge >= 0.3 is 0 Å². The van der Waals surface area contributed by atoms with Crippen molar-refractivity contribution in [2.75, 3.05) is 51.5 Å². The zero-order valence-electron chi connectivity index (χ0n) is 19.4. The predicted octanol–water partition coefficient (Wildman–Crippen LogP) is 4.38. The molecule has 1 fully saturated rings. The average Bonchev–Trinajstić information content (AvgIpc) is 2.89. The molecule has 1 aromatic heterocycles. The molecule has 2 heterocycles. The number of fused-ring (bicyclic) bond motifs is 1. The SMILES string of the molecule is C=CC(=O)N(c1ccc(F)c(Cl)c1)c1ncnc2cc(OC)c(OCCCN3CCOCC3)cc12. The van der Waals surface area contributed by atoms with Crippen LogP contribution in [0.15, 0.2) is 49.3 Å². The smallest absolute Gasteiger partial charge is 0.256 e. The number of ether oxygens (including phenoxy) is 3. The zero-order valence-corrected chi connectivity index (χ0v) is 20.1. The minimum absolute atomic E-state index is 0.117. The second-order valence-electron chi connectivity index (χ2n) is 7.85. The molecule has 1 saturated heterocycles. The highest BCUT2D eigenvalue weighted by atomic mass is 35.5. The molecular formula is C25H26ClFN4O4. The fourth-order valence-corrected chi connectivity index (χ4v) is 4.04. The molecule has 8 nitrogen and oxygen atoms in total. The van der Waals surface area contributed by atoms with Crippen LogP contribution in [0.5, 0.6) is 11.5 Å². The van der Waals surface area contributed by atoms with E-state index in [1.54, 1.807) is 19.2 Å². The first-order valence-corrected chi connectivity index (χ1v) is 11.6. The van der Waals surface area contributed by atoms with Gasteiger partial charge in [-0.1, -0.05) is 18.2 Å². The lowest BCUT2D eigenvalue weighted by Gasteiger charge is -2.26. The van der Waals surface area contributed by atoms with Crippen LogP contribution in [0.3, 0.4) is 0 Å². The van der Waals surface area contributed by atoms with E-state index < -0.39 is 11.7 Å². The molecule has 0 unspecified atom stereocenters. The molecule has 0 saturated carbocycles. The predicted molar refractivity (Wildman–Crippen MR) is 132 cm³/mol. The monoisotopic (exact) mass is 500 g/mol. The van der Waals surface area contributed by atoms with Crippen molar-refractivity contribution >= 4 is 39.9 Å². The third-order valence-corrected chi connectivity index (χ3v) is 5.94. The van der Waals surface area contributed by atoms with E-state index in [4.69, 9.17) is 25.8 Å². The number of hydrogen-bond donors (Lipinski definition) is 0.